The van der Waals surface area contributed by atoms with E-state index in [4.69, 9.17) is 13.9 Å². The summed E-state index contributed by atoms with van der Waals surface area (Å²) in [5, 5.41) is 11.4. The zero-order valence-corrected chi connectivity index (χ0v) is 16.8. The number of nitro benzene ring substituents is 1. The Labute approximate surface area is 171 Å². The molecule has 0 aliphatic carbocycles. The Morgan fingerprint density at radius 3 is 2.50 bits per heavy atom. The molecular formula is C18H17N3O8S. The minimum atomic E-state index is -3.93. The molecule has 1 heterocycles. The number of para-hydroxylation sites is 2. The quantitative estimate of drug-likeness (QED) is 0.236. The maximum absolute atomic E-state index is 12.6. The molecule has 158 valence electrons. The molecule has 0 fully saturated rings. The molecule has 3 rings (SSSR count). The molecule has 0 aliphatic rings. The van der Waals surface area contributed by atoms with Gasteiger partial charge in [0, 0.05) is 19.2 Å². The first-order valence-corrected chi connectivity index (χ1v) is 10.2. The van der Waals surface area contributed by atoms with Crippen molar-refractivity contribution in [2.45, 2.75) is 18.7 Å². The van der Waals surface area contributed by atoms with Gasteiger partial charge in [-0.1, -0.05) is 26.0 Å². The van der Waals surface area contributed by atoms with Crippen LogP contribution in [0.2, 0.25) is 0 Å². The van der Waals surface area contributed by atoms with E-state index in [0.29, 0.717) is 11.1 Å². The van der Waals surface area contributed by atoms with Gasteiger partial charge in [-0.2, -0.15) is 9.29 Å². The fourth-order valence-corrected chi connectivity index (χ4v) is 4.15. The molecule has 0 atom stereocenters. The first kappa shape index (κ1) is 21.2. The number of carbonyl (C=O) groups excluding carboxylic acids is 1. The molecule has 0 saturated carbocycles. The highest BCUT2D eigenvalue weighted by atomic mass is 32.2. The maximum atomic E-state index is 12.6. The van der Waals surface area contributed by atoms with E-state index in [2.05, 4.69) is 4.98 Å². The largest absolute Gasteiger partial charge is 0.523 e. The molecular weight excluding hydrogens is 418 g/mol. The Hall–Kier alpha value is -3.51. The molecule has 0 spiro atoms. The van der Waals surface area contributed by atoms with E-state index < -0.39 is 38.6 Å². The monoisotopic (exact) mass is 435 g/mol. The number of aromatic nitrogens is 1. The van der Waals surface area contributed by atoms with Crippen LogP contribution >= 0.6 is 0 Å². The summed E-state index contributed by atoms with van der Waals surface area (Å²) in [7, 11) is -3.93. The zero-order chi connectivity index (χ0) is 21.9. The number of hydrogen-bond donors (Lipinski definition) is 0. The number of benzene rings is 2. The lowest BCUT2D eigenvalue weighted by atomic mass is 10.3. The second-order valence-corrected chi connectivity index (χ2v) is 7.82. The van der Waals surface area contributed by atoms with Crippen molar-refractivity contribution in [1.82, 2.24) is 9.29 Å². The van der Waals surface area contributed by atoms with Crippen molar-refractivity contribution in [3.05, 3.63) is 52.6 Å². The Morgan fingerprint density at radius 1 is 1.17 bits per heavy atom. The van der Waals surface area contributed by atoms with E-state index in [1.165, 1.54) is 0 Å². The number of sulfonamides is 1. The minimum Gasteiger partial charge on any atom is -0.409 e. The Kier molecular flexibility index (Phi) is 5.99. The number of carbonyl (C=O) groups is 1. The van der Waals surface area contributed by atoms with Crippen LogP contribution in [0.25, 0.3) is 11.1 Å². The molecule has 1 aromatic heterocycles. The SMILES string of the molecule is CCN(CC)S(=O)(=O)c1ccc(OC(=O)Oc2nc3ccccc3o2)c([N+](=O)[O-])c1. The molecule has 0 aliphatic heterocycles. The summed E-state index contributed by atoms with van der Waals surface area (Å²) in [6.45, 7) is 3.69. The van der Waals surface area contributed by atoms with Crippen LogP contribution in [0.4, 0.5) is 10.5 Å². The average Bonchev–Trinajstić information content (AvgIpc) is 3.10. The number of rotatable bonds is 7. The summed E-state index contributed by atoms with van der Waals surface area (Å²) in [4.78, 5) is 26.2. The van der Waals surface area contributed by atoms with Gasteiger partial charge in [0.2, 0.25) is 15.8 Å². The van der Waals surface area contributed by atoms with Crippen LogP contribution < -0.4 is 9.47 Å². The lowest BCUT2D eigenvalue weighted by molar-refractivity contribution is -0.385. The van der Waals surface area contributed by atoms with Gasteiger partial charge in [-0.25, -0.2) is 13.2 Å². The number of fused-ring (bicyclic) bond motifs is 1. The van der Waals surface area contributed by atoms with Crippen LogP contribution in [0.5, 0.6) is 11.8 Å². The van der Waals surface area contributed by atoms with Crippen LogP contribution in [-0.4, -0.2) is 41.9 Å². The minimum absolute atomic E-state index is 0.196. The number of ether oxygens (including phenoxy) is 2. The number of hydrogen-bond acceptors (Lipinski definition) is 9. The van der Waals surface area contributed by atoms with Gasteiger partial charge in [-0.05, 0) is 24.3 Å². The third-order valence-electron chi connectivity index (χ3n) is 4.11. The van der Waals surface area contributed by atoms with Crippen molar-refractivity contribution in [2.75, 3.05) is 13.1 Å². The van der Waals surface area contributed by atoms with Crippen molar-refractivity contribution in [1.29, 1.82) is 0 Å². The fraction of sp³-hybridized carbons (Fsp3) is 0.222. The van der Waals surface area contributed by atoms with Gasteiger partial charge >= 0.3 is 17.9 Å². The molecule has 0 amide bonds. The van der Waals surface area contributed by atoms with Gasteiger partial charge in [0.25, 0.3) is 0 Å². The first-order valence-electron chi connectivity index (χ1n) is 8.80. The molecule has 12 heteroatoms. The lowest BCUT2D eigenvalue weighted by Gasteiger charge is -2.18. The van der Waals surface area contributed by atoms with Crippen LogP contribution in [-0.2, 0) is 10.0 Å². The third kappa shape index (κ3) is 4.23. The highest BCUT2D eigenvalue weighted by molar-refractivity contribution is 7.89. The number of oxazole rings is 1. The van der Waals surface area contributed by atoms with Crippen LogP contribution in [0, 0.1) is 10.1 Å². The van der Waals surface area contributed by atoms with E-state index in [9.17, 15) is 23.3 Å². The van der Waals surface area contributed by atoms with Crippen molar-refractivity contribution >= 4 is 33.0 Å². The average molecular weight is 435 g/mol. The molecule has 0 saturated heterocycles. The van der Waals surface area contributed by atoms with Gasteiger partial charge < -0.3 is 13.9 Å². The van der Waals surface area contributed by atoms with Crippen molar-refractivity contribution in [3.8, 4) is 11.8 Å². The van der Waals surface area contributed by atoms with Crippen molar-refractivity contribution in [3.63, 3.8) is 0 Å². The lowest BCUT2D eigenvalue weighted by Crippen LogP contribution is -2.30. The molecule has 0 bridgehead atoms. The zero-order valence-electron chi connectivity index (χ0n) is 16.0. The molecule has 30 heavy (non-hydrogen) atoms. The summed E-state index contributed by atoms with van der Waals surface area (Å²) in [6, 6.07) is 9.62. The van der Waals surface area contributed by atoms with E-state index in [1.54, 1.807) is 38.1 Å². The van der Waals surface area contributed by atoms with Crippen LogP contribution in [0.15, 0.2) is 51.8 Å². The molecule has 3 aromatic rings. The van der Waals surface area contributed by atoms with Crippen LogP contribution in [0.1, 0.15) is 13.8 Å². The first-order chi connectivity index (χ1) is 14.3. The van der Waals surface area contributed by atoms with Crippen molar-refractivity contribution < 1.29 is 32.0 Å². The summed E-state index contributed by atoms with van der Waals surface area (Å²) < 4.78 is 41.2. The second-order valence-electron chi connectivity index (χ2n) is 5.88. The van der Waals surface area contributed by atoms with Gasteiger partial charge in [0.05, 0.1) is 9.82 Å². The Morgan fingerprint density at radius 2 is 1.87 bits per heavy atom. The second kappa shape index (κ2) is 8.47. The summed E-state index contributed by atoms with van der Waals surface area (Å²) in [6.07, 6.45) is -1.73. The van der Waals surface area contributed by atoms with Gasteiger partial charge in [-0.15, -0.1) is 0 Å². The van der Waals surface area contributed by atoms with E-state index >= 15 is 0 Å². The predicted octanol–water partition coefficient (Wildman–Crippen LogP) is 3.34. The smallest absolute Gasteiger partial charge is 0.409 e. The third-order valence-corrected chi connectivity index (χ3v) is 6.15. The fourth-order valence-electron chi connectivity index (χ4n) is 2.68. The van der Waals surface area contributed by atoms with Crippen LogP contribution in [0.3, 0.4) is 0 Å². The topological polar surface area (TPSA) is 142 Å². The van der Waals surface area contributed by atoms with Gasteiger partial charge in [0.1, 0.15) is 5.52 Å². The summed E-state index contributed by atoms with van der Waals surface area (Å²) in [5.41, 5.74) is 0.104. The van der Waals surface area contributed by atoms with E-state index in [0.717, 1.165) is 22.5 Å². The molecule has 0 radical (unpaired) electrons. The standard InChI is InChI=1S/C18H17N3O8S/c1-3-20(4-2)30(25,26)12-9-10-16(14(11-12)21(23)24)28-18(22)29-17-19-13-7-5-6-8-15(13)27-17/h5-11H,3-4H2,1-2H3. The van der Waals surface area contributed by atoms with E-state index in [1.807, 2.05) is 0 Å². The molecule has 11 nitrogen and oxygen atoms in total. The van der Waals surface area contributed by atoms with Gasteiger partial charge in [-0.3, -0.25) is 10.1 Å². The summed E-state index contributed by atoms with van der Waals surface area (Å²) >= 11 is 0. The van der Waals surface area contributed by atoms with E-state index in [-0.39, 0.29) is 18.0 Å². The highest BCUT2D eigenvalue weighted by Gasteiger charge is 2.27. The normalized spacial score (nSPS) is 11.6. The predicted molar refractivity (Wildman–Crippen MR) is 104 cm³/mol. The summed E-state index contributed by atoms with van der Waals surface area (Å²) in [5.74, 6) is -0.486. The number of nitro groups is 1. The molecule has 0 N–H and O–H groups in total. The maximum Gasteiger partial charge on any atom is 0.523 e. The van der Waals surface area contributed by atoms with Gasteiger partial charge in [0.15, 0.2) is 5.58 Å². The number of nitrogens with zero attached hydrogens (tertiary/aromatic N) is 3. The molecule has 2 aromatic carbocycles. The Bertz CT molecular complexity index is 1170. The van der Waals surface area contributed by atoms with Crippen molar-refractivity contribution in [2.24, 2.45) is 0 Å². The Balaban J connectivity index is 1.84. The molecule has 0 unspecified atom stereocenters. The highest BCUT2D eigenvalue weighted by Crippen LogP contribution is 2.31.